The van der Waals surface area contributed by atoms with Crippen molar-refractivity contribution in [1.82, 2.24) is 9.97 Å². The molecular weight excluding hydrogens is 349 g/mol. The summed E-state index contributed by atoms with van der Waals surface area (Å²) in [5.41, 5.74) is 5.74. The highest BCUT2D eigenvalue weighted by Gasteiger charge is 2.28. The van der Waals surface area contributed by atoms with E-state index in [0.717, 1.165) is 28.1 Å². The van der Waals surface area contributed by atoms with E-state index < -0.39 is 0 Å². The summed E-state index contributed by atoms with van der Waals surface area (Å²) in [4.78, 5) is 9.28. The van der Waals surface area contributed by atoms with Crippen LogP contribution < -0.4 is 5.32 Å². The average Bonchev–Trinajstić information content (AvgIpc) is 2.75. The lowest BCUT2D eigenvalue weighted by Crippen LogP contribution is -2.16. The molecule has 0 amide bonds. The van der Waals surface area contributed by atoms with Crippen LogP contribution in [0.4, 0.5) is 16.0 Å². The summed E-state index contributed by atoms with van der Waals surface area (Å²) in [5.74, 6) is 0.347. The van der Waals surface area contributed by atoms with E-state index in [2.05, 4.69) is 22.4 Å². The topological polar surface area (TPSA) is 37.8 Å². The van der Waals surface area contributed by atoms with Crippen LogP contribution in [0, 0.1) is 5.82 Å². The number of anilines is 2. The highest BCUT2D eigenvalue weighted by Crippen LogP contribution is 2.42. The molecule has 0 radical (unpaired) electrons. The van der Waals surface area contributed by atoms with Gasteiger partial charge in [-0.2, -0.15) is 0 Å². The molecule has 1 aromatic heterocycles. The Labute approximate surface area is 162 Å². The summed E-state index contributed by atoms with van der Waals surface area (Å²) in [5, 5.41) is 3.25. The number of fused-ring (bicyclic) bond motifs is 3. The highest BCUT2D eigenvalue weighted by molar-refractivity contribution is 5.73. The first-order chi connectivity index (χ1) is 13.8. The molecule has 0 saturated carbocycles. The molecule has 136 valence electrons. The maximum Gasteiger partial charge on any atom is 0.227 e. The zero-order valence-electron chi connectivity index (χ0n) is 15.1. The molecule has 0 aliphatic heterocycles. The van der Waals surface area contributed by atoms with Crippen LogP contribution in [0.25, 0.3) is 11.3 Å². The number of rotatable bonds is 3. The van der Waals surface area contributed by atoms with Gasteiger partial charge >= 0.3 is 0 Å². The van der Waals surface area contributed by atoms with E-state index in [1.54, 1.807) is 6.07 Å². The number of hydrogen-bond donors (Lipinski definition) is 1. The van der Waals surface area contributed by atoms with E-state index in [9.17, 15) is 4.39 Å². The SMILES string of the molecule is Fc1ccccc1C1Cc2cnc(Nc3ccccc3)nc2-c2ccccc21. The maximum atomic E-state index is 14.5. The third kappa shape index (κ3) is 2.93. The summed E-state index contributed by atoms with van der Waals surface area (Å²) in [6, 6.07) is 25.0. The lowest BCUT2D eigenvalue weighted by atomic mass is 9.78. The molecular formula is C24H18FN3. The Morgan fingerprint density at radius 1 is 0.821 bits per heavy atom. The van der Waals surface area contributed by atoms with Gasteiger partial charge in [-0.25, -0.2) is 14.4 Å². The smallest absolute Gasteiger partial charge is 0.227 e. The maximum absolute atomic E-state index is 14.5. The van der Waals surface area contributed by atoms with Crippen LogP contribution in [-0.2, 0) is 6.42 Å². The van der Waals surface area contributed by atoms with Gasteiger partial charge in [-0.05, 0) is 41.3 Å². The molecule has 4 aromatic rings. The molecule has 1 aliphatic carbocycles. The van der Waals surface area contributed by atoms with Crippen molar-refractivity contribution in [2.24, 2.45) is 0 Å². The van der Waals surface area contributed by atoms with E-state index in [1.807, 2.05) is 60.8 Å². The average molecular weight is 367 g/mol. The van der Waals surface area contributed by atoms with Crippen molar-refractivity contribution in [3.63, 3.8) is 0 Å². The second-order valence-corrected chi connectivity index (χ2v) is 6.92. The zero-order chi connectivity index (χ0) is 18.9. The second-order valence-electron chi connectivity index (χ2n) is 6.92. The van der Waals surface area contributed by atoms with Gasteiger partial charge in [0.1, 0.15) is 5.82 Å². The summed E-state index contributed by atoms with van der Waals surface area (Å²) < 4.78 is 14.5. The predicted molar refractivity (Wildman–Crippen MR) is 109 cm³/mol. The molecule has 3 nitrogen and oxygen atoms in total. The lowest BCUT2D eigenvalue weighted by molar-refractivity contribution is 0.593. The summed E-state index contributed by atoms with van der Waals surface area (Å²) >= 11 is 0. The Bertz CT molecular complexity index is 1140. The monoisotopic (exact) mass is 367 g/mol. The van der Waals surface area contributed by atoms with E-state index in [-0.39, 0.29) is 11.7 Å². The van der Waals surface area contributed by atoms with Gasteiger partial charge < -0.3 is 5.32 Å². The number of nitrogens with zero attached hydrogens (tertiary/aromatic N) is 2. The van der Waals surface area contributed by atoms with E-state index in [0.29, 0.717) is 17.9 Å². The number of benzene rings is 3. The number of para-hydroxylation sites is 1. The van der Waals surface area contributed by atoms with Crippen molar-refractivity contribution in [2.45, 2.75) is 12.3 Å². The van der Waals surface area contributed by atoms with Crippen LogP contribution in [0.2, 0.25) is 0 Å². The van der Waals surface area contributed by atoms with Crippen molar-refractivity contribution in [3.8, 4) is 11.3 Å². The molecule has 0 spiro atoms. The Hall–Kier alpha value is -3.53. The van der Waals surface area contributed by atoms with Crippen molar-refractivity contribution in [2.75, 3.05) is 5.32 Å². The first kappa shape index (κ1) is 16.6. The Kier molecular flexibility index (Phi) is 4.09. The molecule has 5 rings (SSSR count). The van der Waals surface area contributed by atoms with Gasteiger partial charge in [-0.15, -0.1) is 0 Å². The first-order valence-electron chi connectivity index (χ1n) is 9.31. The Morgan fingerprint density at radius 3 is 2.36 bits per heavy atom. The molecule has 1 unspecified atom stereocenters. The minimum Gasteiger partial charge on any atom is -0.324 e. The minimum absolute atomic E-state index is 0.0403. The van der Waals surface area contributed by atoms with Gasteiger partial charge in [-0.3, -0.25) is 0 Å². The summed E-state index contributed by atoms with van der Waals surface area (Å²) in [7, 11) is 0. The lowest BCUT2D eigenvalue weighted by Gasteiger charge is -2.27. The number of halogens is 1. The molecule has 1 atom stereocenters. The van der Waals surface area contributed by atoms with Crippen molar-refractivity contribution < 1.29 is 4.39 Å². The van der Waals surface area contributed by atoms with Crippen molar-refractivity contribution in [3.05, 3.63) is 108 Å². The van der Waals surface area contributed by atoms with Crippen LogP contribution in [0.15, 0.2) is 85.1 Å². The highest BCUT2D eigenvalue weighted by atomic mass is 19.1. The van der Waals surface area contributed by atoms with E-state index in [1.165, 1.54) is 6.07 Å². The fourth-order valence-corrected chi connectivity index (χ4v) is 3.88. The minimum atomic E-state index is -0.172. The van der Waals surface area contributed by atoms with Gasteiger partial charge in [0.2, 0.25) is 5.95 Å². The summed E-state index contributed by atoms with van der Waals surface area (Å²) in [6.07, 6.45) is 2.54. The molecule has 4 heteroatoms. The largest absolute Gasteiger partial charge is 0.324 e. The van der Waals surface area contributed by atoms with Crippen LogP contribution >= 0.6 is 0 Å². The first-order valence-corrected chi connectivity index (χ1v) is 9.31. The predicted octanol–water partition coefficient (Wildman–Crippen LogP) is 5.71. The van der Waals surface area contributed by atoms with E-state index >= 15 is 0 Å². The molecule has 0 saturated heterocycles. The second kappa shape index (κ2) is 6.89. The van der Waals surface area contributed by atoms with Crippen molar-refractivity contribution >= 4 is 11.6 Å². The standard InChI is InChI=1S/C24H18FN3/c25-22-13-7-6-11-19(22)21-14-16-15-26-24(27-17-8-2-1-3-9-17)28-23(16)20-12-5-4-10-18(20)21/h1-13,15,21H,14H2,(H,26,27,28). The van der Waals surface area contributed by atoms with Gasteiger partial charge in [0, 0.05) is 23.4 Å². The van der Waals surface area contributed by atoms with Crippen LogP contribution in [0.3, 0.4) is 0 Å². The molecule has 0 fully saturated rings. The van der Waals surface area contributed by atoms with Gasteiger partial charge in [0.15, 0.2) is 0 Å². The van der Waals surface area contributed by atoms with Gasteiger partial charge in [-0.1, -0.05) is 60.7 Å². The zero-order valence-corrected chi connectivity index (χ0v) is 15.1. The van der Waals surface area contributed by atoms with Crippen molar-refractivity contribution in [1.29, 1.82) is 0 Å². The summed E-state index contributed by atoms with van der Waals surface area (Å²) in [6.45, 7) is 0. The molecule has 1 N–H and O–H groups in total. The Balaban J connectivity index is 1.58. The quantitative estimate of drug-likeness (QED) is 0.504. The normalized spacial score (nSPS) is 14.8. The number of hydrogen-bond acceptors (Lipinski definition) is 3. The van der Waals surface area contributed by atoms with E-state index in [4.69, 9.17) is 4.98 Å². The number of nitrogens with one attached hydrogen (secondary N) is 1. The molecule has 1 aliphatic rings. The molecule has 1 heterocycles. The third-order valence-corrected chi connectivity index (χ3v) is 5.19. The fourth-order valence-electron chi connectivity index (χ4n) is 3.88. The Morgan fingerprint density at radius 2 is 1.54 bits per heavy atom. The van der Waals surface area contributed by atoms with Crippen LogP contribution in [0.5, 0.6) is 0 Å². The molecule has 28 heavy (non-hydrogen) atoms. The van der Waals surface area contributed by atoms with Gasteiger partial charge in [0.05, 0.1) is 5.69 Å². The molecule has 0 bridgehead atoms. The van der Waals surface area contributed by atoms with Gasteiger partial charge in [0.25, 0.3) is 0 Å². The fraction of sp³-hybridized carbons (Fsp3) is 0.0833. The molecule has 3 aromatic carbocycles. The van der Waals surface area contributed by atoms with Crippen LogP contribution in [0.1, 0.15) is 22.6 Å². The third-order valence-electron chi connectivity index (χ3n) is 5.19. The van der Waals surface area contributed by atoms with Crippen LogP contribution in [-0.4, -0.2) is 9.97 Å². The number of aromatic nitrogens is 2.